The number of aromatic nitrogens is 2. The van der Waals surface area contributed by atoms with E-state index in [1.165, 1.54) is 0 Å². The fraction of sp³-hybridized carbons (Fsp3) is 0.389. The maximum atomic E-state index is 12.1. The van der Waals surface area contributed by atoms with Gasteiger partial charge in [-0.15, -0.1) is 0 Å². The maximum Gasteiger partial charge on any atom is 0.276 e. The second-order valence-corrected chi connectivity index (χ2v) is 6.47. The Morgan fingerprint density at radius 2 is 2.24 bits per heavy atom. The normalized spacial score (nSPS) is 20.1. The number of aliphatic imine (C=N–C) groups is 1. The number of carbonyl (C=O) groups excluding carboxylic acids is 1. The van der Waals surface area contributed by atoms with Crippen LogP contribution in [0.1, 0.15) is 18.4 Å². The molecule has 0 spiro atoms. The minimum absolute atomic E-state index is 0.180. The lowest BCUT2D eigenvalue weighted by atomic mass is 10.0. The van der Waals surface area contributed by atoms with Crippen molar-refractivity contribution >= 4 is 28.8 Å². The highest BCUT2D eigenvalue weighted by molar-refractivity contribution is 6.13. The molecule has 130 valence electrons. The molecule has 0 atom stereocenters. The number of ether oxygens (including phenoxy) is 1. The van der Waals surface area contributed by atoms with Gasteiger partial charge in [0.25, 0.3) is 5.91 Å². The molecule has 0 saturated carbocycles. The van der Waals surface area contributed by atoms with Crippen LogP contribution < -0.4 is 10.6 Å². The number of fused-ring (bicyclic) bond motifs is 1. The molecule has 0 aliphatic carbocycles. The summed E-state index contributed by atoms with van der Waals surface area (Å²) in [6.07, 6.45) is 5.70. The van der Waals surface area contributed by atoms with E-state index in [-0.39, 0.29) is 5.91 Å². The first-order valence-corrected chi connectivity index (χ1v) is 8.54. The third-order valence-electron chi connectivity index (χ3n) is 4.67. The fourth-order valence-corrected chi connectivity index (χ4v) is 3.17. The molecule has 1 saturated heterocycles. The molecule has 1 aromatic carbocycles. The molecule has 1 amide bonds. The van der Waals surface area contributed by atoms with Crippen LogP contribution in [0, 0.1) is 5.92 Å². The SMILES string of the molecule is Cn1ncc2cc(/C=C3\N=C(NCC4CCOCC4)NC3=O)ccc21. The van der Waals surface area contributed by atoms with Crippen LogP contribution >= 0.6 is 0 Å². The lowest BCUT2D eigenvalue weighted by Crippen LogP contribution is -2.39. The molecule has 7 nitrogen and oxygen atoms in total. The molecule has 1 aromatic heterocycles. The maximum absolute atomic E-state index is 12.1. The van der Waals surface area contributed by atoms with Crippen molar-refractivity contribution in [3.05, 3.63) is 35.7 Å². The molecule has 4 rings (SSSR count). The van der Waals surface area contributed by atoms with Crippen LogP contribution in [0.4, 0.5) is 0 Å². The monoisotopic (exact) mass is 339 g/mol. The van der Waals surface area contributed by atoms with Crippen molar-refractivity contribution in [2.75, 3.05) is 19.8 Å². The number of guanidine groups is 1. The van der Waals surface area contributed by atoms with Gasteiger partial charge < -0.3 is 10.1 Å². The van der Waals surface area contributed by atoms with Gasteiger partial charge in [-0.1, -0.05) is 6.07 Å². The summed E-state index contributed by atoms with van der Waals surface area (Å²) in [5.74, 6) is 0.917. The summed E-state index contributed by atoms with van der Waals surface area (Å²) in [5.41, 5.74) is 2.40. The minimum atomic E-state index is -0.180. The molecule has 0 bridgehead atoms. The first-order valence-electron chi connectivity index (χ1n) is 8.54. The number of carbonyl (C=O) groups is 1. The van der Waals surface area contributed by atoms with Gasteiger partial charge in [-0.25, -0.2) is 4.99 Å². The van der Waals surface area contributed by atoms with Gasteiger partial charge in [0.15, 0.2) is 0 Å². The number of nitrogens with zero attached hydrogens (tertiary/aromatic N) is 3. The van der Waals surface area contributed by atoms with E-state index < -0.39 is 0 Å². The topological polar surface area (TPSA) is 80.5 Å². The molecule has 2 aliphatic heterocycles. The molecule has 3 heterocycles. The fourth-order valence-electron chi connectivity index (χ4n) is 3.17. The highest BCUT2D eigenvalue weighted by Gasteiger charge is 2.21. The number of benzene rings is 1. The first-order chi connectivity index (χ1) is 12.2. The molecule has 2 N–H and O–H groups in total. The number of aryl methyl sites for hydroxylation is 1. The van der Waals surface area contributed by atoms with Gasteiger partial charge in [-0.05, 0) is 42.5 Å². The Bertz CT molecular complexity index is 861. The quantitative estimate of drug-likeness (QED) is 0.829. The van der Waals surface area contributed by atoms with E-state index in [9.17, 15) is 4.79 Å². The van der Waals surface area contributed by atoms with Crippen LogP contribution in [0.3, 0.4) is 0 Å². The average molecular weight is 339 g/mol. The largest absolute Gasteiger partial charge is 0.381 e. The molecule has 0 radical (unpaired) electrons. The minimum Gasteiger partial charge on any atom is -0.381 e. The van der Waals surface area contributed by atoms with E-state index in [2.05, 4.69) is 20.7 Å². The predicted molar refractivity (Wildman–Crippen MR) is 95.8 cm³/mol. The zero-order chi connectivity index (χ0) is 17.2. The average Bonchev–Trinajstić information content (AvgIpc) is 3.17. The summed E-state index contributed by atoms with van der Waals surface area (Å²) in [5, 5.41) is 11.3. The standard InChI is InChI=1S/C18H21N5O2/c1-23-16-3-2-13(8-14(16)11-20-23)9-15-17(24)22-18(21-15)19-10-12-4-6-25-7-5-12/h2-3,8-9,11-12H,4-7,10H2,1H3,(H2,19,21,22,24)/b15-9-. The van der Waals surface area contributed by atoms with Gasteiger partial charge in [0.1, 0.15) is 5.70 Å². The highest BCUT2D eigenvalue weighted by atomic mass is 16.5. The Kier molecular flexibility index (Phi) is 4.23. The van der Waals surface area contributed by atoms with Crippen LogP contribution in [0.15, 0.2) is 35.1 Å². The van der Waals surface area contributed by atoms with Crippen LogP contribution in [0.5, 0.6) is 0 Å². The summed E-state index contributed by atoms with van der Waals surface area (Å²) in [7, 11) is 1.91. The summed E-state index contributed by atoms with van der Waals surface area (Å²) in [6.45, 7) is 2.43. The van der Waals surface area contributed by atoms with Gasteiger partial charge in [-0.3, -0.25) is 14.8 Å². The number of hydrogen-bond acceptors (Lipinski definition) is 5. The van der Waals surface area contributed by atoms with Gasteiger partial charge in [0.05, 0.1) is 11.7 Å². The van der Waals surface area contributed by atoms with E-state index in [4.69, 9.17) is 4.74 Å². The Balaban J connectivity index is 1.47. The van der Waals surface area contributed by atoms with Crippen molar-refractivity contribution in [2.45, 2.75) is 12.8 Å². The zero-order valence-electron chi connectivity index (χ0n) is 14.2. The summed E-state index contributed by atoms with van der Waals surface area (Å²) < 4.78 is 7.19. The summed E-state index contributed by atoms with van der Waals surface area (Å²) in [4.78, 5) is 16.5. The van der Waals surface area contributed by atoms with Gasteiger partial charge in [0.2, 0.25) is 5.96 Å². The van der Waals surface area contributed by atoms with E-state index >= 15 is 0 Å². The molecular weight excluding hydrogens is 318 g/mol. The molecule has 2 aliphatic rings. The third-order valence-corrected chi connectivity index (χ3v) is 4.67. The number of rotatable bonds is 3. The van der Waals surface area contributed by atoms with Crippen LogP contribution in [0.25, 0.3) is 17.0 Å². The van der Waals surface area contributed by atoms with E-state index in [0.717, 1.165) is 49.1 Å². The molecule has 7 heteroatoms. The second-order valence-electron chi connectivity index (χ2n) is 6.47. The number of amides is 1. The first kappa shape index (κ1) is 15.8. The predicted octanol–water partition coefficient (Wildman–Crippen LogP) is 1.42. The van der Waals surface area contributed by atoms with Gasteiger partial charge >= 0.3 is 0 Å². The lowest BCUT2D eigenvalue weighted by Gasteiger charge is -2.22. The van der Waals surface area contributed by atoms with Crippen LogP contribution in [-0.4, -0.2) is 41.4 Å². The smallest absolute Gasteiger partial charge is 0.276 e. The Morgan fingerprint density at radius 1 is 1.40 bits per heavy atom. The molecular formula is C18H21N5O2. The van der Waals surface area contributed by atoms with Crippen molar-refractivity contribution < 1.29 is 9.53 Å². The molecule has 2 aromatic rings. The van der Waals surface area contributed by atoms with E-state index in [1.807, 2.05) is 36.1 Å². The summed E-state index contributed by atoms with van der Waals surface area (Å²) >= 11 is 0. The lowest BCUT2D eigenvalue weighted by molar-refractivity contribution is -0.115. The van der Waals surface area contributed by atoms with E-state index in [1.54, 1.807) is 6.08 Å². The molecule has 1 fully saturated rings. The van der Waals surface area contributed by atoms with Crippen molar-refractivity contribution in [2.24, 2.45) is 18.0 Å². The van der Waals surface area contributed by atoms with Crippen molar-refractivity contribution in [3.63, 3.8) is 0 Å². The van der Waals surface area contributed by atoms with E-state index in [0.29, 0.717) is 17.6 Å². The Morgan fingerprint density at radius 3 is 3.08 bits per heavy atom. The molecule has 25 heavy (non-hydrogen) atoms. The molecule has 0 unspecified atom stereocenters. The number of hydrogen-bond donors (Lipinski definition) is 2. The van der Waals surface area contributed by atoms with Gasteiger partial charge in [0, 0.05) is 32.2 Å². The van der Waals surface area contributed by atoms with Crippen molar-refractivity contribution in [1.29, 1.82) is 0 Å². The number of nitrogens with one attached hydrogen (secondary N) is 2. The Labute approximate surface area is 145 Å². The highest BCUT2D eigenvalue weighted by Crippen LogP contribution is 2.18. The zero-order valence-corrected chi connectivity index (χ0v) is 14.2. The van der Waals surface area contributed by atoms with Gasteiger partial charge in [-0.2, -0.15) is 5.10 Å². The summed E-state index contributed by atoms with van der Waals surface area (Å²) in [6, 6.07) is 5.97. The second kappa shape index (κ2) is 6.68. The van der Waals surface area contributed by atoms with Crippen molar-refractivity contribution in [1.82, 2.24) is 20.4 Å². The third kappa shape index (κ3) is 3.41. The Hall–Kier alpha value is -2.67. The van der Waals surface area contributed by atoms with Crippen molar-refractivity contribution in [3.8, 4) is 0 Å². The van der Waals surface area contributed by atoms with Crippen LogP contribution in [0.2, 0.25) is 0 Å². The van der Waals surface area contributed by atoms with Crippen LogP contribution in [-0.2, 0) is 16.6 Å².